The fourth-order valence-corrected chi connectivity index (χ4v) is 0. The number of terminal acetylenes is 1. The molecule has 0 bridgehead atoms. The van der Waals surface area contributed by atoms with Crippen LogP contribution in [0.5, 0.6) is 0 Å². The molecule has 0 aromatic heterocycles. The molecule has 0 aliphatic heterocycles. The predicted octanol–water partition coefficient (Wildman–Crippen LogP) is 0.334. The summed E-state index contributed by atoms with van der Waals surface area (Å²) in [5.74, 6) is 2.60. The Morgan fingerprint density at radius 1 is 1.45 bits per heavy atom. The van der Waals surface area contributed by atoms with Gasteiger partial charge in [0.05, 0.1) is 0 Å². The van der Waals surface area contributed by atoms with E-state index < -0.39 is 10.4 Å². The topological polar surface area (TPSA) is 74.6 Å². The second kappa shape index (κ2) is 4.82. The van der Waals surface area contributed by atoms with E-state index in [4.69, 9.17) is 23.9 Å². The molecule has 0 saturated heterocycles. The third-order valence-electron chi connectivity index (χ3n) is 0.433. The van der Waals surface area contributed by atoms with Crippen LogP contribution in [-0.2, 0) is 10.4 Å². The van der Waals surface area contributed by atoms with E-state index in [0.717, 1.165) is 0 Å². The van der Waals surface area contributed by atoms with E-state index in [9.17, 15) is 0 Å². The monoisotopic (exact) mass is 172 g/mol. The summed E-state index contributed by atoms with van der Waals surface area (Å²) in [6.45, 7) is 4.01. The van der Waals surface area contributed by atoms with Crippen molar-refractivity contribution < 1.29 is 17.5 Å². The maximum atomic E-state index is 8.74. The molecule has 0 aliphatic rings. The Labute approximate surface area is 76.2 Å². The van der Waals surface area contributed by atoms with Crippen molar-refractivity contribution in [2.45, 2.75) is 17.9 Å². The number of hydrogen-bond donors (Lipinski definition) is 2. The summed E-state index contributed by atoms with van der Waals surface area (Å²) in [5.41, 5.74) is 0. The fourth-order valence-electron chi connectivity index (χ4n) is 0. The van der Waals surface area contributed by atoms with Gasteiger partial charge in [-0.1, -0.05) is 0 Å². The summed E-state index contributed by atoms with van der Waals surface area (Å²) in [5, 5.41) is 0. The van der Waals surface area contributed by atoms with Crippen LogP contribution in [0.4, 0.5) is 0 Å². The quantitative estimate of drug-likeness (QED) is 0.314. The Morgan fingerprint density at radius 3 is 1.55 bits per heavy atom. The van der Waals surface area contributed by atoms with Gasteiger partial charge in [0.25, 0.3) is 0 Å². The Hall–Kier alpha value is 0.0274. The van der Waals surface area contributed by atoms with E-state index in [1.165, 1.54) is 0 Å². The van der Waals surface area contributed by atoms with Gasteiger partial charge >= 0.3 is 58.4 Å². The van der Waals surface area contributed by atoms with Crippen molar-refractivity contribution >= 4 is 28.1 Å². The van der Waals surface area contributed by atoms with Gasteiger partial charge in [0.15, 0.2) is 0 Å². The Morgan fingerprint density at radius 2 is 1.55 bits per heavy atom. The molecule has 0 fully saturated rings. The maximum absolute atomic E-state index is 8.74. The van der Waals surface area contributed by atoms with Gasteiger partial charge in [0.1, 0.15) is 0 Å². The Bertz CT molecular complexity index is 222. The van der Waals surface area contributed by atoms with Crippen LogP contribution in [0.2, 0.25) is 4.09 Å². The minimum absolute atomic E-state index is 0.0694. The Kier molecular flexibility index (Phi) is 5.96. The van der Waals surface area contributed by atoms with Crippen LogP contribution >= 0.6 is 0 Å². The molecule has 2 N–H and O–H groups in total. The molecule has 0 saturated carbocycles. The van der Waals surface area contributed by atoms with E-state index in [0.29, 0.717) is 0 Å². The van der Waals surface area contributed by atoms with Gasteiger partial charge in [-0.3, -0.25) is 9.11 Å². The van der Waals surface area contributed by atoms with E-state index in [2.05, 4.69) is 5.92 Å². The second-order valence-electron chi connectivity index (χ2n) is 2.84. The minimum atomic E-state index is -4.67. The standard InChI is InChI=1S/C5H7.Li.H2O4S/c1-4-5(2)3;;1-5(2,3)4/h1H,2-3H3;;(H2,1,2,3,4). The van der Waals surface area contributed by atoms with Crippen molar-refractivity contribution in [1.82, 2.24) is 0 Å². The van der Waals surface area contributed by atoms with Crippen molar-refractivity contribution in [2.75, 3.05) is 0 Å². The second-order valence-corrected chi connectivity index (χ2v) is 3.74. The zero-order chi connectivity index (χ0) is 9.71. The SMILES string of the molecule is O=S(=O)(O)O.[Li][C](C)(C)C#C. The molecule has 0 spiro atoms. The summed E-state index contributed by atoms with van der Waals surface area (Å²) >= 11 is 2.01. The van der Waals surface area contributed by atoms with E-state index in [-0.39, 0.29) is 4.09 Å². The first-order valence-electron chi connectivity index (χ1n) is 2.74. The van der Waals surface area contributed by atoms with Gasteiger partial charge in [0, 0.05) is 0 Å². The molecule has 0 rings (SSSR count). The van der Waals surface area contributed by atoms with Crippen molar-refractivity contribution in [3.63, 3.8) is 0 Å². The Balaban J connectivity index is 0. The molecule has 60 valence electrons. The molecule has 11 heavy (non-hydrogen) atoms. The van der Waals surface area contributed by atoms with Gasteiger partial charge in [0.2, 0.25) is 0 Å². The van der Waals surface area contributed by atoms with Crippen LogP contribution in [0.1, 0.15) is 13.8 Å². The molecule has 0 aromatic rings. The summed E-state index contributed by atoms with van der Waals surface area (Å²) in [6, 6.07) is 0. The van der Waals surface area contributed by atoms with Crippen LogP contribution in [0, 0.1) is 12.3 Å². The molecule has 0 heterocycles. The van der Waals surface area contributed by atoms with Crippen LogP contribution in [0.25, 0.3) is 0 Å². The van der Waals surface area contributed by atoms with E-state index >= 15 is 0 Å². The van der Waals surface area contributed by atoms with Crippen LogP contribution in [-0.4, -0.2) is 35.2 Å². The van der Waals surface area contributed by atoms with Gasteiger partial charge in [-0.15, -0.1) is 0 Å². The molecule has 4 nitrogen and oxygen atoms in total. The average Bonchev–Trinajstić information content (AvgIpc) is 1.59. The molecule has 0 atom stereocenters. The van der Waals surface area contributed by atoms with Crippen LogP contribution in [0.15, 0.2) is 0 Å². The molecule has 0 amide bonds. The third-order valence-corrected chi connectivity index (χ3v) is 0.433. The summed E-state index contributed by atoms with van der Waals surface area (Å²) in [7, 11) is -4.67. The van der Waals surface area contributed by atoms with Crippen molar-refractivity contribution in [3.8, 4) is 12.3 Å². The third kappa shape index (κ3) is 70.5. The number of hydrogen-bond acceptors (Lipinski definition) is 2. The van der Waals surface area contributed by atoms with Gasteiger partial charge in [-0.05, 0) is 0 Å². The van der Waals surface area contributed by atoms with E-state index in [1.807, 2.05) is 31.6 Å². The first-order chi connectivity index (χ1) is 4.56. The molecule has 0 radical (unpaired) electrons. The molecule has 0 aromatic carbocycles. The summed E-state index contributed by atoms with van der Waals surface area (Å²) < 4.78 is 31.7. The van der Waals surface area contributed by atoms with E-state index in [1.54, 1.807) is 0 Å². The first-order valence-corrected chi connectivity index (χ1v) is 4.13. The molecular formula is C5H9LiO4S. The fraction of sp³-hybridized carbons (Fsp3) is 0.600. The van der Waals surface area contributed by atoms with Crippen molar-refractivity contribution in [3.05, 3.63) is 0 Å². The zero-order valence-corrected chi connectivity index (χ0v) is 7.51. The average molecular weight is 172 g/mol. The predicted molar refractivity (Wildman–Crippen MR) is 42.8 cm³/mol. The molecular weight excluding hydrogens is 163 g/mol. The van der Waals surface area contributed by atoms with Crippen LogP contribution < -0.4 is 0 Å². The van der Waals surface area contributed by atoms with Crippen molar-refractivity contribution in [1.29, 1.82) is 0 Å². The van der Waals surface area contributed by atoms with Gasteiger partial charge in [-0.25, -0.2) is 0 Å². The van der Waals surface area contributed by atoms with Gasteiger partial charge < -0.3 is 0 Å². The van der Waals surface area contributed by atoms with Crippen molar-refractivity contribution in [2.24, 2.45) is 0 Å². The summed E-state index contributed by atoms with van der Waals surface area (Å²) in [4.78, 5) is 0. The first kappa shape index (κ1) is 13.6. The normalized spacial score (nSPS) is 11.0. The molecule has 0 unspecified atom stereocenters. The zero-order valence-electron chi connectivity index (χ0n) is 6.70. The molecule has 0 aliphatic carbocycles. The van der Waals surface area contributed by atoms with Crippen LogP contribution in [0.3, 0.4) is 0 Å². The molecule has 6 heteroatoms. The van der Waals surface area contributed by atoms with Gasteiger partial charge in [-0.2, -0.15) is 8.42 Å². The number of rotatable bonds is 0. The summed E-state index contributed by atoms with van der Waals surface area (Å²) in [6.07, 6.45) is 5.06.